The van der Waals surface area contributed by atoms with Crippen LogP contribution >= 0.6 is 0 Å². The smallest absolute Gasteiger partial charge is 0.238 e. The Morgan fingerprint density at radius 2 is 2.13 bits per heavy atom. The summed E-state index contributed by atoms with van der Waals surface area (Å²) >= 11 is 0. The Morgan fingerprint density at radius 3 is 2.87 bits per heavy atom. The first kappa shape index (κ1) is 10.2. The van der Waals surface area contributed by atoms with Crippen molar-refractivity contribution in [2.75, 3.05) is 6.61 Å². The van der Waals surface area contributed by atoms with E-state index in [4.69, 9.17) is 14.9 Å². The van der Waals surface area contributed by atoms with Gasteiger partial charge >= 0.3 is 0 Å². The number of hydrogen-bond acceptors (Lipinski definition) is 4. The van der Waals surface area contributed by atoms with E-state index in [1.807, 2.05) is 0 Å². The molecule has 2 N–H and O–H groups in total. The first-order valence-corrected chi connectivity index (χ1v) is 5.75. The minimum Gasteiger partial charge on any atom is -0.337 e. The molecule has 6 heteroatoms. The van der Waals surface area contributed by atoms with Gasteiger partial charge in [-0.15, -0.1) is 0 Å². The SMILES string of the molecule is NS(=O)(=O)c1ccc2c(c1)C=CCOO2. The molecule has 1 heterocycles. The molecule has 0 spiro atoms. The third-order valence-corrected chi connectivity index (χ3v) is 2.83. The Kier molecular flexibility index (Phi) is 2.47. The van der Waals surface area contributed by atoms with Gasteiger partial charge in [-0.25, -0.2) is 13.6 Å². The number of benzene rings is 1. The van der Waals surface area contributed by atoms with Crippen molar-refractivity contribution < 1.29 is 18.2 Å². The van der Waals surface area contributed by atoms with Crippen LogP contribution in [0.4, 0.5) is 0 Å². The number of nitrogens with two attached hydrogens (primary N) is 1. The Hall–Kier alpha value is -1.37. The maximum atomic E-state index is 11.1. The van der Waals surface area contributed by atoms with Crippen LogP contribution in [0.5, 0.6) is 5.75 Å². The first-order chi connectivity index (χ1) is 7.07. The second kappa shape index (κ2) is 3.65. The molecule has 0 unspecified atom stereocenters. The highest BCUT2D eigenvalue weighted by molar-refractivity contribution is 7.89. The average Bonchev–Trinajstić information content (AvgIpc) is 2.39. The van der Waals surface area contributed by atoms with Crippen LogP contribution in [0.3, 0.4) is 0 Å². The van der Waals surface area contributed by atoms with Crippen LogP contribution < -0.4 is 10.0 Å². The van der Waals surface area contributed by atoms with Crippen LogP contribution in [-0.2, 0) is 14.9 Å². The van der Waals surface area contributed by atoms with Gasteiger partial charge in [0.2, 0.25) is 10.0 Å². The molecule has 1 aromatic rings. The van der Waals surface area contributed by atoms with E-state index in [0.29, 0.717) is 17.9 Å². The van der Waals surface area contributed by atoms with E-state index in [1.165, 1.54) is 18.2 Å². The van der Waals surface area contributed by atoms with Gasteiger partial charge in [-0.1, -0.05) is 12.2 Å². The summed E-state index contributed by atoms with van der Waals surface area (Å²) in [6.45, 7) is 0.319. The highest BCUT2D eigenvalue weighted by Crippen LogP contribution is 2.25. The summed E-state index contributed by atoms with van der Waals surface area (Å²) in [4.78, 5) is 9.75. The fourth-order valence-corrected chi connectivity index (χ4v) is 1.77. The van der Waals surface area contributed by atoms with E-state index in [1.54, 1.807) is 12.2 Å². The molecule has 0 atom stereocenters. The molecule has 0 amide bonds. The van der Waals surface area contributed by atoms with Crippen LogP contribution in [0.2, 0.25) is 0 Å². The number of rotatable bonds is 1. The second-order valence-electron chi connectivity index (χ2n) is 3.01. The van der Waals surface area contributed by atoms with Crippen molar-refractivity contribution in [1.29, 1.82) is 0 Å². The fourth-order valence-electron chi connectivity index (χ4n) is 1.22. The number of hydrogen-bond donors (Lipinski definition) is 1. The predicted molar refractivity (Wildman–Crippen MR) is 53.4 cm³/mol. The monoisotopic (exact) mass is 227 g/mol. The molecular weight excluding hydrogens is 218 g/mol. The van der Waals surface area contributed by atoms with Crippen molar-refractivity contribution >= 4 is 16.1 Å². The van der Waals surface area contributed by atoms with E-state index < -0.39 is 10.0 Å². The third kappa shape index (κ3) is 2.17. The number of sulfonamides is 1. The summed E-state index contributed by atoms with van der Waals surface area (Å²) in [5.74, 6) is 0.469. The lowest BCUT2D eigenvalue weighted by Crippen LogP contribution is -2.12. The zero-order valence-corrected chi connectivity index (χ0v) is 8.53. The lowest BCUT2D eigenvalue weighted by molar-refractivity contribution is -0.194. The van der Waals surface area contributed by atoms with Crippen molar-refractivity contribution in [1.82, 2.24) is 0 Å². The highest BCUT2D eigenvalue weighted by Gasteiger charge is 2.12. The molecule has 5 nitrogen and oxygen atoms in total. The topological polar surface area (TPSA) is 78.6 Å². The molecule has 0 bridgehead atoms. The van der Waals surface area contributed by atoms with Crippen molar-refractivity contribution in [2.24, 2.45) is 5.14 Å². The molecule has 0 fully saturated rings. The summed E-state index contributed by atoms with van der Waals surface area (Å²) in [6.07, 6.45) is 3.44. The summed E-state index contributed by atoms with van der Waals surface area (Å²) in [7, 11) is -3.68. The lowest BCUT2D eigenvalue weighted by atomic mass is 10.2. The van der Waals surface area contributed by atoms with Gasteiger partial charge in [0.15, 0.2) is 5.75 Å². The van der Waals surface area contributed by atoms with Crippen molar-refractivity contribution in [3.8, 4) is 5.75 Å². The maximum absolute atomic E-state index is 11.1. The highest BCUT2D eigenvalue weighted by atomic mass is 32.2. The Balaban J connectivity index is 2.53. The molecular formula is C9H9NO4S. The average molecular weight is 227 g/mol. The minimum atomic E-state index is -3.68. The molecule has 0 radical (unpaired) electrons. The zero-order chi connectivity index (χ0) is 10.9. The van der Waals surface area contributed by atoms with Crippen molar-refractivity contribution in [2.45, 2.75) is 4.90 Å². The van der Waals surface area contributed by atoms with Gasteiger partial charge in [0, 0.05) is 5.56 Å². The molecule has 2 rings (SSSR count). The molecule has 0 aliphatic carbocycles. The summed E-state index contributed by atoms with van der Waals surface area (Å²) in [5, 5.41) is 5.01. The van der Waals surface area contributed by atoms with Gasteiger partial charge in [0.25, 0.3) is 0 Å². The standard InChI is InChI=1S/C9H9NO4S/c10-15(11,12)8-3-4-9-7(6-8)2-1-5-13-14-9/h1-4,6H,5H2,(H2,10,11,12). The number of primary sulfonamides is 1. The summed E-state index contributed by atoms with van der Waals surface area (Å²) in [6, 6.07) is 4.32. The van der Waals surface area contributed by atoms with Gasteiger partial charge in [0.05, 0.1) is 4.90 Å². The molecule has 80 valence electrons. The van der Waals surface area contributed by atoms with Crippen LogP contribution in [0.1, 0.15) is 5.56 Å². The predicted octanol–water partition coefficient (Wildman–Crippen LogP) is 0.671. The molecule has 0 saturated heterocycles. The summed E-state index contributed by atoms with van der Waals surface area (Å²) in [5.41, 5.74) is 0.624. The maximum Gasteiger partial charge on any atom is 0.238 e. The molecule has 1 aromatic carbocycles. The van der Waals surface area contributed by atoms with Crippen LogP contribution in [0, 0.1) is 0 Å². The molecule has 0 saturated carbocycles. The fraction of sp³-hybridized carbons (Fsp3) is 0.111. The molecule has 1 aliphatic heterocycles. The van der Waals surface area contributed by atoms with E-state index in [9.17, 15) is 8.42 Å². The van der Waals surface area contributed by atoms with E-state index in [2.05, 4.69) is 0 Å². The quantitative estimate of drug-likeness (QED) is 0.715. The van der Waals surface area contributed by atoms with Gasteiger partial charge in [-0.2, -0.15) is 4.89 Å². The number of fused-ring (bicyclic) bond motifs is 1. The largest absolute Gasteiger partial charge is 0.337 e. The van der Waals surface area contributed by atoms with Crippen molar-refractivity contribution in [3.63, 3.8) is 0 Å². The molecule has 15 heavy (non-hydrogen) atoms. The van der Waals surface area contributed by atoms with Gasteiger partial charge in [-0.05, 0) is 18.2 Å². The summed E-state index contributed by atoms with van der Waals surface area (Å²) < 4.78 is 22.2. The minimum absolute atomic E-state index is 0.0522. The normalized spacial score (nSPS) is 15.3. The molecule has 1 aliphatic rings. The third-order valence-electron chi connectivity index (χ3n) is 1.92. The lowest BCUT2D eigenvalue weighted by Gasteiger charge is -2.05. The van der Waals surface area contributed by atoms with Crippen LogP contribution in [0.15, 0.2) is 29.2 Å². The van der Waals surface area contributed by atoms with E-state index >= 15 is 0 Å². The second-order valence-corrected chi connectivity index (χ2v) is 4.58. The van der Waals surface area contributed by atoms with Gasteiger partial charge < -0.3 is 4.89 Å². The van der Waals surface area contributed by atoms with E-state index in [0.717, 1.165) is 0 Å². The van der Waals surface area contributed by atoms with Gasteiger partial charge in [-0.3, -0.25) is 0 Å². The first-order valence-electron chi connectivity index (χ1n) is 4.20. The van der Waals surface area contributed by atoms with Crippen LogP contribution in [0.25, 0.3) is 6.08 Å². The van der Waals surface area contributed by atoms with Crippen molar-refractivity contribution in [3.05, 3.63) is 29.8 Å². The van der Waals surface area contributed by atoms with Crippen LogP contribution in [-0.4, -0.2) is 15.0 Å². The zero-order valence-electron chi connectivity index (χ0n) is 7.71. The Bertz CT molecular complexity index is 507. The van der Waals surface area contributed by atoms with E-state index in [-0.39, 0.29) is 4.90 Å². The van der Waals surface area contributed by atoms with Gasteiger partial charge in [0.1, 0.15) is 6.61 Å². The Morgan fingerprint density at radius 1 is 1.33 bits per heavy atom. The molecule has 0 aromatic heterocycles. The Labute approximate surface area is 87.1 Å².